The largest absolute Gasteiger partial charge is 0.364 e. The Kier molecular flexibility index (Phi) is 1.96. The smallest absolute Gasteiger partial charge is 0.265 e. The van der Waals surface area contributed by atoms with Crippen LogP contribution in [-0.4, -0.2) is 10.9 Å². The number of carbonyl (C=O) groups excluding carboxylic acids is 1. The molecular weight excluding hydrogens is 168 g/mol. The fourth-order valence-electron chi connectivity index (χ4n) is 0.642. The average Bonchev–Trinajstić information content (AvgIpc) is 1.85. The zero-order valence-corrected chi connectivity index (χ0v) is 6.18. The highest BCUT2D eigenvalue weighted by molar-refractivity contribution is 6.29. The lowest BCUT2D eigenvalue weighted by Crippen LogP contribution is -2.16. The number of rotatable bonds is 1. The molecule has 0 saturated carbocycles. The van der Waals surface area contributed by atoms with E-state index in [4.69, 9.17) is 17.3 Å². The maximum Gasteiger partial charge on any atom is 0.265 e. The Morgan fingerprint density at radius 2 is 2.18 bits per heavy atom. The summed E-state index contributed by atoms with van der Waals surface area (Å²) in [5.74, 6) is -0.704. The first kappa shape index (κ1) is 7.81. The van der Waals surface area contributed by atoms with Crippen molar-refractivity contribution in [2.75, 3.05) is 0 Å². The van der Waals surface area contributed by atoms with Crippen LogP contribution in [0.5, 0.6) is 0 Å². The Morgan fingerprint density at radius 3 is 2.64 bits per heavy atom. The minimum absolute atomic E-state index is 0.0162. The van der Waals surface area contributed by atoms with Crippen molar-refractivity contribution >= 4 is 17.5 Å². The fraction of sp³-hybridized carbons (Fsp3) is 0. The SMILES string of the molecule is NC(=O)c1cc(=O)cc(Cl)[nH]1. The van der Waals surface area contributed by atoms with Crippen LogP contribution in [0, 0.1) is 0 Å². The Morgan fingerprint density at radius 1 is 1.55 bits per heavy atom. The molecule has 1 amide bonds. The maximum atomic E-state index is 10.7. The van der Waals surface area contributed by atoms with Crippen LogP contribution < -0.4 is 11.2 Å². The van der Waals surface area contributed by atoms with Crippen LogP contribution >= 0.6 is 11.6 Å². The van der Waals surface area contributed by atoms with Gasteiger partial charge in [0.05, 0.1) is 0 Å². The summed E-state index contributed by atoms with van der Waals surface area (Å²) in [7, 11) is 0. The van der Waals surface area contributed by atoms with E-state index in [0.29, 0.717) is 0 Å². The van der Waals surface area contributed by atoms with Gasteiger partial charge in [0.2, 0.25) is 0 Å². The first-order valence-electron chi connectivity index (χ1n) is 2.79. The van der Waals surface area contributed by atoms with E-state index >= 15 is 0 Å². The third-order valence-electron chi connectivity index (χ3n) is 1.08. The van der Waals surface area contributed by atoms with E-state index in [9.17, 15) is 9.59 Å². The molecule has 0 bridgehead atoms. The number of aromatic amines is 1. The van der Waals surface area contributed by atoms with Gasteiger partial charge in [-0.15, -0.1) is 0 Å². The van der Waals surface area contributed by atoms with Gasteiger partial charge in [-0.1, -0.05) is 11.6 Å². The number of nitrogens with one attached hydrogen (secondary N) is 1. The number of primary amides is 1. The number of halogens is 1. The monoisotopic (exact) mass is 172 g/mol. The van der Waals surface area contributed by atoms with Crippen molar-refractivity contribution in [2.24, 2.45) is 5.73 Å². The van der Waals surface area contributed by atoms with Crippen LogP contribution in [-0.2, 0) is 0 Å². The molecule has 0 unspecified atom stereocenters. The van der Waals surface area contributed by atoms with Crippen molar-refractivity contribution in [2.45, 2.75) is 0 Å². The molecule has 1 heterocycles. The summed E-state index contributed by atoms with van der Waals surface area (Å²) < 4.78 is 0. The Bertz CT molecular complexity index is 345. The maximum absolute atomic E-state index is 10.7. The van der Waals surface area contributed by atoms with Gasteiger partial charge in [-0.2, -0.15) is 0 Å². The minimum atomic E-state index is -0.704. The molecule has 3 N–H and O–H groups in total. The van der Waals surface area contributed by atoms with E-state index in [1.165, 1.54) is 0 Å². The number of aromatic nitrogens is 1. The molecule has 0 radical (unpaired) electrons. The predicted molar refractivity (Wildman–Crippen MR) is 40.6 cm³/mol. The van der Waals surface area contributed by atoms with Crippen molar-refractivity contribution < 1.29 is 4.79 Å². The van der Waals surface area contributed by atoms with E-state index in [-0.39, 0.29) is 16.3 Å². The van der Waals surface area contributed by atoms with Gasteiger partial charge in [-0.05, 0) is 0 Å². The normalized spacial score (nSPS) is 9.55. The lowest BCUT2D eigenvalue weighted by atomic mass is 10.3. The zero-order chi connectivity index (χ0) is 8.43. The molecular formula is C6H5ClN2O2. The molecule has 0 aliphatic carbocycles. The van der Waals surface area contributed by atoms with Gasteiger partial charge in [-0.3, -0.25) is 9.59 Å². The molecule has 11 heavy (non-hydrogen) atoms. The van der Waals surface area contributed by atoms with Gasteiger partial charge >= 0.3 is 0 Å². The summed E-state index contributed by atoms with van der Waals surface area (Å²) in [4.78, 5) is 23.6. The van der Waals surface area contributed by atoms with Crippen molar-refractivity contribution in [3.63, 3.8) is 0 Å². The summed E-state index contributed by atoms with van der Waals surface area (Å²) in [6.45, 7) is 0. The van der Waals surface area contributed by atoms with Gasteiger partial charge in [0.1, 0.15) is 10.8 Å². The van der Waals surface area contributed by atoms with E-state index in [1.807, 2.05) is 0 Å². The van der Waals surface area contributed by atoms with Crippen molar-refractivity contribution in [1.29, 1.82) is 0 Å². The van der Waals surface area contributed by atoms with Gasteiger partial charge in [-0.25, -0.2) is 0 Å². The molecule has 1 aromatic heterocycles. The Labute approximate surface area is 67.0 Å². The van der Waals surface area contributed by atoms with Crippen molar-refractivity contribution in [3.05, 3.63) is 33.2 Å². The van der Waals surface area contributed by atoms with Crippen LogP contribution in [0.15, 0.2) is 16.9 Å². The number of hydrogen-bond donors (Lipinski definition) is 2. The molecule has 0 aromatic carbocycles. The van der Waals surface area contributed by atoms with E-state index in [2.05, 4.69) is 4.98 Å². The number of carbonyl (C=O) groups is 1. The average molecular weight is 173 g/mol. The van der Waals surface area contributed by atoms with E-state index in [0.717, 1.165) is 12.1 Å². The summed E-state index contributed by atoms with van der Waals surface area (Å²) in [6, 6.07) is 2.25. The van der Waals surface area contributed by atoms with Crippen molar-refractivity contribution in [1.82, 2.24) is 4.98 Å². The van der Waals surface area contributed by atoms with Crippen LogP contribution in [0.25, 0.3) is 0 Å². The van der Waals surface area contributed by atoms with Gasteiger partial charge in [0, 0.05) is 12.1 Å². The van der Waals surface area contributed by atoms with Crippen LogP contribution in [0.4, 0.5) is 0 Å². The Balaban J connectivity index is 3.30. The minimum Gasteiger partial charge on any atom is -0.364 e. The molecule has 0 atom stereocenters. The lowest BCUT2D eigenvalue weighted by Gasteiger charge is -1.94. The number of amides is 1. The van der Waals surface area contributed by atoms with E-state index in [1.54, 1.807) is 0 Å². The summed E-state index contributed by atoms with van der Waals surface area (Å²) in [6.07, 6.45) is 0. The van der Waals surface area contributed by atoms with Crippen LogP contribution in [0.3, 0.4) is 0 Å². The van der Waals surface area contributed by atoms with Crippen LogP contribution in [0.2, 0.25) is 5.15 Å². The fourth-order valence-corrected chi connectivity index (χ4v) is 0.852. The second kappa shape index (κ2) is 2.75. The van der Waals surface area contributed by atoms with Gasteiger partial charge in [0.15, 0.2) is 5.43 Å². The molecule has 5 heteroatoms. The summed E-state index contributed by atoms with van der Waals surface area (Å²) in [5, 5.41) is 0.103. The molecule has 0 aliphatic heterocycles. The first-order valence-corrected chi connectivity index (χ1v) is 3.17. The number of H-pyrrole nitrogens is 1. The molecule has 0 saturated heterocycles. The zero-order valence-electron chi connectivity index (χ0n) is 5.43. The number of pyridine rings is 1. The highest BCUT2D eigenvalue weighted by Crippen LogP contribution is 1.99. The molecule has 0 aliphatic rings. The third-order valence-corrected chi connectivity index (χ3v) is 1.28. The Hall–Kier alpha value is -1.29. The molecule has 0 spiro atoms. The lowest BCUT2D eigenvalue weighted by molar-refractivity contribution is 0.0995. The number of hydrogen-bond acceptors (Lipinski definition) is 2. The first-order chi connectivity index (χ1) is 5.09. The summed E-state index contributed by atoms with van der Waals surface area (Å²) in [5.41, 5.74) is 4.56. The second-order valence-electron chi connectivity index (χ2n) is 1.94. The van der Waals surface area contributed by atoms with E-state index < -0.39 is 5.91 Å². The topological polar surface area (TPSA) is 76.0 Å². The molecule has 1 rings (SSSR count). The van der Waals surface area contributed by atoms with Gasteiger partial charge < -0.3 is 10.7 Å². The highest BCUT2D eigenvalue weighted by atomic mass is 35.5. The molecule has 4 nitrogen and oxygen atoms in total. The van der Waals surface area contributed by atoms with Crippen LogP contribution in [0.1, 0.15) is 10.5 Å². The molecule has 58 valence electrons. The van der Waals surface area contributed by atoms with Crippen molar-refractivity contribution in [3.8, 4) is 0 Å². The molecule has 0 fully saturated rings. The summed E-state index contributed by atoms with van der Waals surface area (Å²) >= 11 is 5.43. The third kappa shape index (κ3) is 1.81. The number of nitrogens with two attached hydrogens (primary N) is 1. The molecule has 1 aromatic rings. The predicted octanol–water partition coefficient (Wildman–Crippen LogP) is 0.127. The second-order valence-corrected chi connectivity index (χ2v) is 2.35. The van der Waals surface area contributed by atoms with Gasteiger partial charge in [0.25, 0.3) is 5.91 Å². The highest BCUT2D eigenvalue weighted by Gasteiger charge is 2.01. The standard InChI is InChI=1S/C6H5ClN2O2/c7-5-2-3(10)1-4(9-5)6(8)11/h1-2H,(H2,8,11)(H,9,10). The quantitative estimate of drug-likeness (QED) is 0.591.